The van der Waals surface area contributed by atoms with E-state index >= 15 is 0 Å². The number of rotatable bonds is 2. The van der Waals surface area contributed by atoms with E-state index in [4.69, 9.17) is 0 Å². The van der Waals surface area contributed by atoms with Crippen LogP contribution < -0.4 is 0 Å². The summed E-state index contributed by atoms with van der Waals surface area (Å²) in [5, 5.41) is 4.59. The second-order valence-electron chi connectivity index (χ2n) is 7.55. The van der Waals surface area contributed by atoms with Crippen LogP contribution >= 0.6 is 0 Å². The summed E-state index contributed by atoms with van der Waals surface area (Å²) in [5.41, 5.74) is 3.23. The fraction of sp³-hybridized carbons (Fsp3) is 0.778. The van der Waals surface area contributed by atoms with Crippen LogP contribution in [0.5, 0.6) is 0 Å². The molecule has 23 heavy (non-hydrogen) atoms. The summed E-state index contributed by atoms with van der Waals surface area (Å²) in [5.74, 6) is 0.198. The fourth-order valence-electron chi connectivity index (χ4n) is 4.59. The number of fused-ring (bicyclic) bond motifs is 1. The Morgan fingerprint density at radius 3 is 2.70 bits per heavy atom. The predicted molar refractivity (Wildman–Crippen MR) is 89.6 cm³/mol. The Morgan fingerprint density at radius 1 is 1.13 bits per heavy atom. The van der Waals surface area contributed by atoms with Crippen molar-refractivity contribution in [3.05, 3.63) is 17.0 Å². The van der Waals surface area contributed by atoms with Gasteiger partial charge in [0.2, 0.25) is 0 Å². The van der Waals surface area contributed by atoms with Gasteiger partial charge in [0.1, 0.15) is 5.69 Å². The summed E-state index contributed by atoms with van der Waals surface area (Å²) in [6.45, 7) is 5.32. The number of aromatic nitrogens is 2. The molecule has 2 aliphatic heterocycles. The van der Waals surface area contributed by atoms with Gasteiger partial charge in [-0.05, 0) is 52.0 Å². The molecule has 1 aromatic rings. The number of carbonyl (C=O) groups excluding carboxylic acids is 1. The van der Waals surface area contributed by atoms with E-state index < -0.39 is 0 Å². The first-order valence-electron chi connectivity index (χ1n) is 9.25. The first kappa shape index (κ1) is 15.2. The summed E-state index contributed by atoms with van der Waals surface area (Å²) in [4.78, 5) is 17.6. The monoisotopic (exact) mass is 316 g/mol. The molecule has 1 aromatic heterocycles. The van der Waals surface area contributed by atoms with Gasteiger partial charge in [-0.15, -0.1) is 0 Å². The average Bonchev–Trinajstić information content (AvgIpc) is 2.83. The first-order chi connectivity index (χ1) is 11.1. The number of aryl methyl sites for hydroxylation is 2. The van der Waals surface area contributed by atoms with Crippen LogP contribution in [0.4, 0.5) is 0 Å². The van der Waals surface area contributed by atoms with Crippen LogP contribution in [0.3, 0.4) is 0 Å². The molecule has 1 atom stereocenters. The lowest BCUT2D eigenvalue weighted by Gasteiger charge is -2.49. The van der Waals surface area contributed by atoms with Crippen molar-refractivity contribution < 1.29 is 4.79 Å². The molecule has 2 fully saturated rings. The van der Waals surface area contributed by atoms with Crippen molar-refractivity contribution in [2.24, 2.45) is 7.05 Å². The van der Waals surface area contributed by atoms with Crippen LogP contribution in [0.25, 0.3) is 0 Å². The van der Waals surface area contributed by atoms with Crippen LogP contribution in [-0.4, -0.2) is 57.2 Å². The van der Waals surface area contributed by atoms with Crippen LogP contribution in [0.15, 0.2) is 0 Å². The lowest BCUT2D eigenvalue weighted by Crippen LogP contribution is -2.63. The molecule has 1 aliphatic carbocycles. The number of piperidine rings is 1. The Bertz CT molecular complexity index is 602. The summed E-state index contributed by atoms with van der Waals surface area (Å²) >= 11 is 0. The predicted octanol–water partition coefficient (Wildman–Crippen LogP) is 2.00. The van der Waals surface area contributed by atoms with E-state index in [1.165, 1.54) is 44.2 Å². The van der Waals surface area contributed by atoms with E-state index in [9.17, 15) is 4.79 Å². The molecule has 5 heteroatoms. The minimum Gasteiger partial charge on any atom is -0.334 e. The molecule has 1 amide bonds. The Balaban J connectivity index is 1.44. The highest BCUT2D eigenvalue weighted by Crippen LogP contribution is 2.28. The molecule has 4 rings (SSSR count). The third-order valence-electron chi connectivity index (χ3n) is 5.99. The molecule has 0 unspecified atom stereocenters. The maximum Gasteiger partial charge on any atom is 0.272 e. The molecule has 0 saturated carbocycles. The maximum atomic E-state index is 12.9. The number of carbonyl (C=O) groups is 1. The zero-order chi connectivity index (χ0) is 16.0. The summed E-state index contributed by atoms with van der Waals surface area (Å²) in [7, 11) is 1.93. The van der Waals surface area contributed by atoms with E-state index in [0.717, 1.165) is 37.3 Å². The number of nitrogens with zero attached hydrogens (tertiary/aromatic N) is 4. The Labute approximate surface area is 138 Å². The number of hydrogen-bond acceptors (Lipinski definition) is 3. The molecular weight excluding hydrogens is 288 g/mol. The zero-order valence-corrected chi connectivity index (χ0v) is 14.4. The molecule has 3 heterocycles. The van der Waals surface area contributed by atoms with E-state index in [2.05, 4.69) is 16.9 Å². The molecule has 0 aromatic carbocycles. The van der Waals surface area contributed by atoms with Gasteiger partial charge < -0.3 is 4.90 Å². The minimum absolute atomic E-state index is 0.198. The van der Waals surface area contributed by atoms with Gasteiger partial charge in [0.05, 0.1) is 5.69 Å². The Kier molecular flexibility index (Phi) is 3.92. The smallest absolute Gasteiger partial charge is 0.272 e. The molecule has 5 nitrogen and oxygen atoms in total. The fourth-order valence-corrected chi connectivity index (χ4v) is 4.59. The molecule has 126 valence electrons. The van der Waals surface area contributed by atoms with Gasteiger partial charge in [-0.3, -0.25) is 14.4 Å². The lowest BCUT2D eigenvalue weighted by molar-refractivity contribution is 0.00148. The number of likely N-dealkylation sites (tertiary alicyclic amines) is 2. The number of amides is 1. The molecule has 3 aliphatic rings. The summed E-state index contributed by atoms with van der Waals surface area (Å²) in [6, 6.07) is 1.24. The standard InChI is InChI=1S/C18H28N4O/c1-13-7-5-6-10-22(13)14-11-21(12-14)18(23)17-15-8-3-4-9-16(15)19-20(17)2/h13-14H,3-12H2,1-2H3/t13-/m1/s1. The highest BCUT2D eigenvalue weighted by atomic mass is 16.2. The van der Waals surface area contributed by atoms with Gasteiger partial charge in [-0.2, -0.15) is 5.10 Å². The van der Waals surface area contributed by atoms with Gasteiger partial charge in [0, 0.05) is 37.8 Å². The van der Waals surface area contributed by atoms with Gasteiger partial charge >= 0.3 is 0 Å². The van der Waals surface area contributed by atoms with Crippen molar-refractivity contribution in [3.8, 4) is 0 Å². The highest BCUT2D eigenvalue weighted by molar-refractivity contribution is 5.95. The summed E-state index contributed by atoms with van der Waals surface area (Å²) in [6.07, 6.45) is 8.41. The lowest BCUT2D eigenvalue weighted by atomic mass is 9.94. The van der Waals surface area contributed by atoms with Crippen LogP contribution in [-0.2, 0) is 19.9 Å². The van der Waals surface area contributed by atoms with Gasteiger partial charge in [0.15, 0.2) is 0 Å². The van der Waals surface area contributed by atoms with Gasteiger partial charge in [-0.1, -0.05) is 6.42 Å². The first-order valence-corrected chi connectivity index (χ1v) is 9.25. The average molecular weight is 316 g/mol. The van der Waals surface area contributed by atoms with E-state index in [-0.39, 0.29) is 5.91 Å². The van der Waals surface area contributed by atoms with Crippen molar-refractivity contribution in [3.63, 3.8) is 0 Å². The van der Waals surface area contributed by atoms with Gasteiger partial charge in [0.25, 0.3) is 5.91 Å². The van der Waals surface area contributed by atoms with Crippen LogP contribution in [0.2, 0.25) is 0 Å². The SMILES string of the molecule is C[C@@H]1CCCCN1C1CN(C(=O)c2c3c(nn2C)CCCC3)C1. The van der Waals surface area contributed by atoms with Crippen molar-refractivity contribution in [1.82, 2.24) is 19.6 Å². The Hall–Kier alpha value is -1.36. The quantitative estimate of drug-likeness (QED) is 0.838. The van der Waals surface area contributed by atoms with Crippen molar-refractivity contribution in [1.29, 1.82) is 0 Å². The molecule has 0 bridgehead atoms. The second-order valence-corrected chi connectivity index (χ2v) is 7.55. The normalized spacial score (nSPS) is 26.0. The summed E-state index contributed by atoms with van der Waals surface area (Å²) < 4.78 is 1.83. The zero-order valence-electron chi connectivity index (χ0n) is 14.4. The van der Waals surface area contributed by atoms with E-state index in [1.54, 1.807) is 0 Å². The maximum absolute atomic E-state index is 12.9. The third kappa shape index (κ3) is 2.59. The largest absolute Gasteiger partial charge is 0.334 e. The molecule has 2 saturated heterocycles. The van der Waals surface area contributed by atoms with Crippen molar-refractivity contribution in [2.45, 2.75) is 64.0 Å². The topological polar surface area (TPSA) is 41.4 Å². The molecule has 0 spiro atoms. The van der Waals surface area contributed by atoms with E-state index in [1.807, 2.05) is 16.6 Å². The molecule has 0 N–H and O–H groups in total. The second kappa shape index (κ2) is 5.93. The van der Waals surface area contributed by atoms with Crippen molar-refractivity contribution in [2.75, 3.05) is 19.6 Å². The van der Waals surface area contributed by atoms with Crippen LogP contribution in [0, 0.1) is 0 Å². The third-order valence-corrected chi connectivity index (χ3v) is 5.99. The number of hydrogen-bond donors (Lipinski definition) is 0. The molecular formula is C18H28N4O. The van der Waals surface area contributed by atoms with Crippen molar-refractivity contribution >= 4 is 5.91 Å². The van der Waals surface area contributed by atoms with Gasteiger partial charge in [-0.25, -0.2) is 0 Å². The molecule has 0 radical (unpaired) electrons. The Morgan fingerprint density at radius 2 is 1.91 bits per heavy atom. The highest BCUT2D eigenvalue weighted by Gasteiger charge is 2.39. The van der Waals surface area contributed by atoms with Crippen LogP contribution in [0.1, 0.15) is 60.8 Å². The van der Waals surface area contributed by atoms with E-state index in [0.29, 0.717) is 12.1 Å². The minimum atomic E-state index is 0.198.